The molecule has 2 aromatic carbocycles. The van der Waals surface area contributed by atoms with Crippen molar-refractivity contribution in [2.75, 3.05) is 49.1 Å². The maximum Gasteiger partial charge on any atom is 0.272 e. The summed E-state index contributed by atoms with van der Waals surface area (Å²) in [6.07, 6.45) is 17.3. The number of halogens is 1. The molecule has 0 atom stereocenters. The lowest BCUT2D eigenvalue weighted by atomic mass is 9.67. The Morgan fingerprint density at radius 1 is 0.914 bits per heavy atom. The van der Waals surface area contributed by atoms with Crippen molar-refractivity contribution < 1.29 is 14.3 Å². The summed E-state index contributed by atoms with van der Waals surface area (Å²) < 4.78 is 10.5. The number of carbonyl (C=O) groups excluding carboxylic acids is 2. The van der Waals surface area contributed by atoms with E-state index in [2.05, 4.69) is 71.3 Å². The number of aryl methyl sites for hydroxylation is 3. The highest BCUT2D eigenvalue weighted by molar-refractivity contribution is 6.32. The molecule has 0 unspecified atom stereocenters. The largest absolute Gasteiger partial charge is 0.490 e. The number of carbonyl (C=O) groups is 2. The standard InChI is InChI=1S/C54H65ClN12O3/c1-34-26-48-37(27-44(34)39-29-57-62(4)30-39)6-5-22-66(48)52-45-31-64(36(3)68)25-19-47(45)67(61-52)42-17-23-63(24-18-42)41-15-20-54(21-16-41)32-65(33-54)50-14-12-46(59-60-50)53(69)58-40-8-10-43(11-9-40)70-49-13-7-38(28-56)51(55)35(49)2/h7,12-14,26-27,29-30,40-43H,5-6,8-11,15-25,31-33H2,1-4H3,(H,58,69). The number of nitrogens with one attached hydrogen (secondary N) is 1. The molecule has 7 heterocycles. The Kier molecular flexibility index (Phi) is 12.6. The summed E-state index contributed by atoms with van der Waals surface area (Å²) in [5, 5.41) is 31.7. The van der Waals surface area contributed by atoms with E-state index >= 15 is 0 Å². The van der Waals surface area contributed by atoms with Crippen molar-refractivity contribution in [1.29, 1.82) is 5.26 Å². The quantitative estimate of drug-likeness (QED) is 0.152. The van der Waals surface area contributed by atoms with E-state index in [-0.39, 0.29) is 24.0 Å². The van der Waals surface area contributed by atoms with Crippen molar-refractivity contribution in [3.63, 3.8) is 0 Å². The van der Waals surface area contributed by atoms with Crippen molar-refractivity contribution in [2.45, 2.75) is 135 Å². The number of hydrogen-bond acceptors (Lipinski definition) is 11. The summed E-state index contributed by atoms with van der Waals surface area (Å²) in [5.74, 6) is 2.53. The Labute approximate surface area is 416 Å². The highest BCUT2D eigenvalue weighted by atomic mass is 35.5. The first-order chi connectivity index (χ1) is 33.9. The molecule has 2 saturated heterocycles. The van der Waals surface area contributed by atoms with Gasteiger partial charge in [0.05, 0.1) is 35.5 Å². The average Bonchev–Trinajstić information content (AvgIpc) is 3.98. The van der Waals surface area contributed by atoms with Gasteiger partial charge in [-0.2, -0.15) is 15.5 Å². The third-order valence-corrected chi connectivity index (χ3v) is 17.2. The molecule has 6 aliphatic rings. The Balaban J connectivity index is 0.665. The fourth-order valence-electron chi connectivity index (χ4n) is 12.6. The number of nitrogens with zero attached hydrogens (tertiary/aromatic N) is 11. The maximum atomic E-state index is 13.2. The van der Waals surface area contributed by atoms with Gasteiger partial charge in [0.15, 0.2) is 17.3 Å². The lowest BCUT2D eigenvalue weighted by Crippen LogP contribution is -2.59. The van der Waals surface area contributed by atoms with Crippen LogP contribution in [0.3, 0.4) is 0 Å². The first-order valence-electron chi connectivity index (χ1n) is 25.7. The predicted molar refractivity (Wildman–Crippen MR) is 270 cm³/mol. The number of anilines is 3. The summed E-state index contributed by atoms with van der Waals surface area (Å²) in [7, 11) is 1.97. The van der Waals surface area contributed by atoms with E-state index in [1.807, 2.05) is 47.9 Å². The van der Waals surface area contributed by atoms with Gasteiger partial charge in [-0.25, -0.2) is 0 Å². The summed E-state index contributed by atoms with van der Waals surface area (Å²) in [5.41, 5.74) is 10.7. The Morgan fingerprint density at radius 3 is 2.40 bits per heavy atom. The summed E-state index contributed by atoms with van der Waals surface area (Å²) in [6.45, 7) is 12.2. The molecule has 3 aromatic heterocycles. The molecule has 1 spiro atoms. The number of piperidine rings is 1. The van der Waals surface area contributed by atoms with Gasteiger partial charge in [-0.1, -0.05) is 11.6 Å². The number of nitriles is 1. The summed E-state index contributed by atoms with van der Waals surface area (Å²) in [6, 6.07) is 15.1. The van der Waals surface area contributed by atoms with E-state index in [1.165, 1.54) is 59.3 Å². The highest BCUT2D eigenvalue weighted by Gasteiger charge is 2.47. The van der Waals surface area contributed by atoms with Crippen molar-refractivity contribution in [2.24, 2.45) is 12.5 Å². The lowest BCUT2D eigenvalue weighted by molar-refractivity contribution is -0.129. The maximum absolute atomic E-state index is 13.2. The smallest absolute Gasteiger partial charge is 0.272 e. The van der Waals surface area contributed by atoms with E-state index in [0.29, 0.717) is 46.1 Å². The van der Waals surface area contributed by atoms with Crippen molar-refractivity contribution >= 4 is 40.7 Å². The zero-order valence-electron chi connectivity index (χ0n) is 41.1. The van der Waals surface area contributed by atoms with Crippen molar-refractivity contribution in [3.8, 4) is 22.9 Å². The predicted octanol–water partition coefficient (Wildman–Crippen LogP) is 8.41. The number of benzene rings is 2. The molecule has 11 rings (SSSR count). The second-order valence-electron chi connectivity index (χ2n) is 21.2. The third kappa shape index (κ3) is 8.91. The Morgan fingerprint density at radius 2 is 1.70 bits per heavy atom. The number of fused-ring (bicyclic) bond motifs is 2. The molecule has 16 heteroatoms. The monoisotopic (exact) mass is 964 g/mol. The number of amides is 2. The third-order valence-electron chi connectivity index (χ3n) is 16.7. The molecule has 2 aliphatic carbocycles. The normalized spacial score (nSPS) is 21.7. The average molecular weight is 966 g/mol. The van der Waals surface area contributed by atoms with Gasteiger partial charge in [0, 0.05) is 111 Å². The molecule has 4 fully saturated rings. The number of hydrogen-bond donors (Lipinski definition) is 1. The molecule has 2 saturated carbocycles. The van der Waals surface area contributed by atoms with Crippen LogP contribution in [-0.2, 0) is 31.2 Å². The van der Waals surface area contributed by atoms with Crippen LogP contribution in [0.4, 0.5) is 17.3 Å². The van der Waals surface area contributed by atoms with Crippen LogP contribution in [-0.4, -0.2) is 109 Å². The zero-order chi connectivity index (χ0) is 48.3. The zero-order valence-corrected chi connectivity index (χ0v) is 41.8. The highest BCUT2D eigenvalue weighted by Crippen LogP contribution is 2.47. The number of ether oxygens (including phenoxy) is 1. The fourth-order valence-corrected chi connectivity index (χ4v) is 12.8. The Bertz CT molecular complexity index is 2820. The molecular weight excluding hydrogens is 900 g/mol. The summed E-state index contributed by atoms with van der Waals surface area (Å²) >= 11 is 6.36. The molecule has 4 aliphatic heterocycles. The second-order valence-corrected chi connectivity index (χ2v) is 21.6. The number of aromatic nitrogens is 6. The van der Waals surface area contributed by atoms with Gasteiger partial charge in [-0.15, -0.1) is 10.2 Å². The van der Waals surface area contributed by atoms with Crippen LogP contribution in [0.2, 0.25) is 5.02 Å². The van der Waals surface area contributed by atoms with Crippen LogP contribution >= 0.6 is 11.6 Å². The minimum atomic E-state index is -0.189. The Hall–Kier alpha value is -5.98. The van der Waals surface area contributed by atoms with Crippen LogP contribution < -0.4 is 19.9 Å². The van der Waals surface area contributed by atoms with Crippen LogP contribution in [0.15, 0.2) is 48.8 Å². The van der Waals surface area contributed by atoms with E-state index in [4.69, 9.17) is 21.4 Å². The molecule has 0 bridgehead atoms. The molecule has 5 aromatic rings. The summed E-state index contributed by atoms with van der Waals surface area (Å²) in [4.78, 5) is 35.5. The fraction of sp³-hybridized carbons (Fsp3) is 0.537. The van der Waals surface area contributed by atoms with Crippen LogP contribution in [0.1, 0.15) is 128 Å². The molecule has 15 nitrogen and oxygen atoms in total. The van der Waals surface area contributed by atoms with Gasteiger partial charge < -0.3 is 29.7 Å². The molecule has 70 heavy (non-hydrogen) atoms. The van der Waals surface area contributed by atoms with Crippen LogP contribution in [0, 0.1) is 30.6 Å². The van der Waals surface area contributed by atoms with Gasteiger partial charge in [0.1, 0.15) is 11.8 Å². The van der Waals surface area contributed by atoms with Gasteiger partial charge in [0.2, 0.25) is 5.91 Å². The minimum absolute atomic E-state index is 0.0306. The lowest BCUT2D eigenvalue weighted by Gasteiger charge is -2.55. The van der Waals surface area contributed by atoms with Gasteiger partial charge >= 0.3 is 0 Å². The van der Waals surface area contributed by atoms with E-state index in [1.54, 1.807) is 13.0 Å². The van der Waals surface area contributed by atoms with E-state index < -0.39 is 0 Å². The topological polar surface area (TPSA) is 154 Å². The molecule has 1 N–H and O–H groups in total. The van der Waals surface area contributed by atoms with Gasteiger partial charge in [0.25, 0.3) is 5.91 Å². The van der Waals surface area contributed by atoms with Gasteiger partial charge in [-0.3, -0.25) is 19.0 Å². The number of likely N-dealkylation sites (tertiary alicyclic amines) is 1. The molecule has 366 valence electrons. The van der Waals surface area contributed by atoms with Crippen molar-refractivity contribution in [3.05, 3.63) is 93.0 Å². The van der Waals surface area contributed by atoms with E-state index in [0.717, 1.165) is 120 Å². The van der Waals surface area contributed by atoms with E-state index in [9.17, 15) is 14.9 Å². The first-order valence-corrected chi connectivity index (χ1v) is 26.1. The minimum Gasteiger partial charge on any atom is -0.490 e. The second kappa shape index (κ2) is 19.0. The molecule has 0 radical (unpaired) electrons. The molecular formula is C54H65ClN12O3. The first kappa shape index (κ1) is 46.4. The van der Waals surface area contributed by atoms with Crippen LogP contribution in [0.5, 0.6) is 5.75 Å². The van der Waals surface area contributed by atoms with Crippen molar-refractivity contribution in [1.82, 2.24) is 44.9 Å². The van der Waals surface area contributed by atoms with Gasteiger partial charge in [-0.05, 0) is 144 Å². The number of rotatable bonds is 9. The molecule has 2 amide bonds. The SMILES string of the molecule is CC(=O)N1CCc2c(c(N3CCCc4cc(-c5cnn(C)c5)c(C)cc43)nn2C2CCN(C3CCC4(CC3)CN(c3ccc(C(=O)NC5CCC(Oc6ccc(C#N)c(Cl)c6C)CC5)nn3)C4)CC2)C1. The van der Waals surface area contributed by atoms with Crippen LogP contribution in [0.25, 0.3) is 11.1 Å².